The molecular formula is C21H23ClN2O3. The van der Waals surface area contributed by atoms with Crippen molar-refractivity contribution in [2.24, 2.45) is 0 Å². The van der Waals surface area contributed by atoms with Gasteiger partial charge < -0.3 is 15.0 Å². The van der Waals surface area contributed by atoms with Crippen molar-refractivity contribution in [2.75, 3.05) is 16.8 Å². The molecule has 0 aliphatic carbocycles. The molecule has 1 N–H and O–H groups in total. The highest BCUT2D eigenvalue weighted by Crippen LogP contribution is 2.34. The van der Waals surface area contributed by atoms with Gasteiger partial charge >= 0.3 is 0 Å². The minimum absolute atomic E-state index is 0.0932. The van der Waals surface area contributed by atoms with Gasteiger partial charge in [-0.3, -0.25) is 9.59 Å². The molecule has 1 aliphatic rings. The third-order valence-corrected chi connectivity index (χ3v) is 4.75. The van der Waals surface area contributed by atoms with Gasteiger partial charge in [0.05, 0.1) is 22.9 Å². The zero-order valence-electron chi connectivity index (χ0n) is 15.7. The van der Waals surface area contributed by atoms with Crippen LogP contribution in [0.1, 0.15) is 30.9 Å². The van der Waals surface area contributed by atoms with Gasteiger partial charge in [0.2, 0.25) is 11.8 Å². The highest BCUT2D eigenvalue weighted by Gasteiger charge is 2.27. The SMILES string of the molecule is Cc1ccc(NC(=O)CCC(=O)N2CC(C)Oc3ccc(C)cc32)c(Cl)c1. The summed E-state index contributed by atoms with van der Waals surface area (Å²) in [5.41, 5.74) is 3.39. The second kappa shape index (κ2) is 8.01. The molecule has 0 spiro atoms. The predicted octanol–water partition coefficient (Wildman–Crippen LogP) is 4.49. The van der Waals surface area contributed by atoms with E-state index in [-0.39, 0.29) is 30.8 Å². The Hall–Kier alpha value is -2.53. The third kappa shape index (κ3) is 4.61. The minimum atomic E-state index is -0.236. The molecule has 0 bridgehead atoms. The molecule has 142 valence electrons. The molecule has 1 aliphatic heterocycles. The molecule has 0 aromatic heterocycles. The van der Waals surface area contributed by atoms with Gasteiger partial charge in [0.15, 0.2) is 0 Å². The van der Waals surface area contributed by atoms with Gasteiger partial charge in [-0.15, -0.1) is 0 Å². The van der Waals surface area contributed by atoms with E-state index in [1.54, 1.807) is 17.0 Å². The zero-order valence-corrected chi connectivity index (χ0v) is 16.5. The van der Waals surface area contributed by atoms with Crippen LogP contribution in [0.2, 0.25) is 5.02 Å². The number of ether oxygens (including phenoxy) is 1. The molecule has 0 saturated carbocycles. The summed E-state index contributed by atoms with van der Waals surface area (Å²) in [6.45, 7) is 6.30. The topological polar surface area (TPSA) is 58.6 Å². The van der Waals surface area contributed by atoms with Gasteiger partial charge in [0, 0.05) is 12.8 Å². The number of fused-ring (bicyclic) bond motifs is 1. The first-order valence-corrected chi connectivity index (χ1v) is 9.35. The number of aryl methyl sites for hydroxylation is 2. The van der Waals surface area contributed by atoms with Gasteiger partial charge in [-0.05, 0) is 56.2 Å². The molecule has 27 heavy (non-hydrogen) atoms. The average Bonchev–Trinajstić information content (AvgIpc) is 2.61. The van der Waals surface area contributed by atoms with Crippen LogP contribution in [0, 0.1) is 13.8 Å². The standard InChI is InChI=1S/C21H23ClN2O3/c1-13-4-6-17(16(22)10-13)23-20(25)8-9-21(26)24-12-15(3)27-19-7-5-14(2)11-18(19)24/h4-7,10-11,15H,8-9,12H2,1-3H3,(H,23,25). The lowest BCUT2D eigenvalue weighted by Gasteiger charge is -2.33. The second-order valence-corrected chi connectivity index (χ2v) is 7.34. The summed E-state index contributed by atoms with van der Waals surface area (Å²) in [5, 5.41) is 3.25. The number of amides is 2. The lowest BCUT2D eigenvalue weighted by Crippen LogP contribution is -2.42. The van der Waals surface area contributed by atoms with E-state index in [4.69, 9.17) is 16.3 Å². The Morgan fingerprint density at radius 3 is 2.59 bits per heavy atom. The lowest BCUT2D eigenvalue weighted by molar-refractivity contribution is -0.122. The summed E-state index contributed by atoms with van der Waals surface area (Å²) in [4.78, 5) is 26.7. The Morgan fingerprint density at radius 2 is 1.85 bits per heavy atom. The van der Waals surface area contributed by atoms with E-state index >= 15 is 0 Å². The van der Waals surface area contributed by atoms with Crippen LogP contribution in [-0.4, -0.2) is 24.5 Å². The van der Waals surface area contributed by atoms with E-state index in [9.17, 15) is 9.59 Å². The summed E-state index contributed by atoms with van der Waals surface area (Å²) in [7, 11) is 0. The van der Waals surface area contributed by atoms with E-state index in [2.05, 4.69) is 5.32 Å². The van der Waals surface area contributed by atoms with Crippen molar-refractivity contribution in [2.45, 2.75) is 39.7 Å². The van der Waals surface area contributed by atoms with E-state index in [0.29, 0.717) is 23.0 Å². The summed E-state index contributed by atoms with van der Waals surface area (Å²) >= 11 is 6.14. The quantitative estimate of drug-likeness (QED) is 0.842. The first-order chi connectivity index (χ1) is 12.8. The van der Waals surface area contributed by atoms with Crippen LogP contribution in [0.25, 0.3) is 0 Å². The third-order valence-electron chi connectivity index (χ3n) is 4.44. The van der Waals surface area contributed by atoms with Crippen molar-refractivity contribution >= 4 is 34.8 Å². The van der Waals surface area contributed by atoms with E-state index in [1.165, 1.54) is 0 Å². The van der Waals surface area contributed by atoms with E-state index in [0.717, 1.165) is 16.8 Å². The average molecular weight is 387 g/mol. The maximum Gasteiger partial charge on any atom is 0.227 e. The van der Waals surface area contributed by atoms with Crippen LogP contribution in [0.3, 0.4) is 0 Å². The molecule has 2 aromatic carbocycles. The first kappa shape index (κ1) is 19.2. The second-order valence-electron chi connectivity index (χ2n) is 6.94. The fraction of sp³-hybridized carbons (Fsp3) is 0.333. The van der Waals surface area contributed by atoms with Gasteiger partial charge in [-0.2, -0.15) is 0 Å². The molecule has 3 rings (SSSR count). The van der Waals surface area contributed by atoms with Crippen LogP contribution < -0.4 is 15.0 Å². The number of hydrogen-bond acceptors (Lipinski definition) is 3. The van der Waals surface area contributed by atoms with Gasteiger partial charge in [-0.1, -0.05) is 23.7 Å². The van der Waals surface area contributed by atoms with Crippen molar-refractivity contribution in [3.8, 4) is 5.75 Å². The molecule has 6 heteroatoms. The maximum absolute atomic E-state index is 12.8. The number of anilines is 2. The summed E-state index contributed by atoms with van der Waals surface area (Å²) in [5.74, 6) is 0.366. The number of rotatable bonds is 4. The monoisotopic (exact) mass is 386 g/mol. The maximum atomic E-state index is 12.8. The number of benzene rings is 2. The number of carbonyl (C=O) groups excluding carboxylic acids is 2. The first-order valence-electron chi connectivity index (χ1n) is 8.97. The zero-order chi connectivity index (χ0) is 19.6. The molecule has 1 heterocycles. The Labute approximate surface area is 164 Å². The number of halogens is 1. The van der Waals surface area contributed by atoms with Gasteiger partial charge in [0.1, 0.15) is 11.9 Å². The Bertz CT molecular complexity index is 882. The van der Waals surface area contributed by atoms with Crippen molar-refractivity contribution in [1.82, 2.24) is 0 Å². The molecule has 1 unspecified atom stereocenters. The van der Waals surface area contributed by atoms with Crippen LogP contribution in [0.4, 0.5) is 11.4 Å². The number of nitrogens with zero attached hydrogens (tertiary/aromatic N) is 1. The van der Waals surface area contributed by atoms with Crippen LogP contribution in [0.5, 0.6) is 5.75 Å². The normalized spacial score (nSPS) is 15.7. The van der Waals surface area contributed by atoms with Gasteiger partial charge in [0.25, 0.3) is 0 Å². The molecule has 2 amide bonds. The highest BCUT2D eigenvalue weighted by molar-refractivity contribution is 6.33. The minimum Gasteiger partial charge on any atom is -0.487 e. The smallest absolute Gasteiger partial charge is 0.227 e. The van der Waals surface area contributed by atoms with Crippen LogP contribution >= 0.6 is 11.6 Å². The molecule has 0 fully saturated rings. The number of nitrogens with one attached hydrogen (secondary N) is 1. The van der Waals surface area contributed by atoms with Crippen LogP contribution in [0.15, 0.2) is 36.4 Å². The van der Waals surface area contributed by atoms with Crippen molar-refractivity contribution in [3.63, 3.8) is 0 Å². The molecule has 2 aromatic rings. The molecule has 0 radical (unpaired) electrons. The molecule has 0 saturated heterocycles. The summed E-state index contributed by atoms with van der Waals surface area (Å²) in [6, 6.07) is 11.2. The van der Waals surface area contributed by atoms with Crippen molar-refractivity contribution in [3.05, 3.63) is 52.5 Å². The van der Waals surface area contributed by atoms with E-state index < -0.39 is 0 Å². The lowest BCUT2D eigenvalue weighted by atomic mass is 10.1. The Kier molecular flexibility index (Phi) is 5.71. The van der Waals surface area contributed by atoms with Crippen LogP contribution in [-0.2, 0) is 9.59 Å². The fourth-order valence-corrected chi connectivity index (χ4v) is 3.36. The predicted molar refractivity (Wildman–Crippen MR) is 108 cm³/mol. The molecular weight excluding hydrogens is 364 g/mol. The molecule has 5 nitrogen and oxygen atoms in total. The summed E-state index contributed by atoms with van der Waals surface area (Å²) < 4.78 is 5.81. The number of carbonyl (C=O) groups is 2. The Balaban J connectivity index is 1.64. The number of hydrogen-bond donors (Lipinski definition) is 1. The fourth-order valence-electron chi connectivity index (χ4n) is 3.07. The van der Waals surface area contributed by atoms with Crippen molar-refractivity contribution in [1.29, 1.82) is 0 Å². The highest BCUT2D eigenvalue weighted by atomic mass is 35.5. The largest absolute Gasteiger partial charge is 0.487 e. The van der Waals surface area contributed by atoms with Gasteiger partial charge in [-0.25, -0.2) is 0 Å². The van der Waals surface area contributed by atoms with E-state index in [1.807, 2.05) is 45.0 Å². The Morgan fingerprint density at radius 1 is 1.15 bits per heavy atom. The molecule has 1 atom stereocenters. The van der Waals surface area contributed by atoms with Crippen molar-refractivity contribution < 1.29 is 14.3 Å². The summed E-state index contributed by atoms with van der Waals surface area (Å²) in [6.07, 6.45) is 0.120.